The van der Waals surface area contributed by atoms with Gasteiger partial charge in [0.1, 0.15) is 5.60 Å². The maximum Gasteiger partial charge on any atom is 0.155 e. The third kappa shape index (κ3) is 3.73. The highest BCUT2D eigenvalue weighted by molar-refractivity contribution is 5.29. The van der Waals surface area contributed by atoms with Crippen molar-refractivity contribution in [2.75, 3.05) is 0 Å². The first-order chi connectivity index (χ1) is 8.55. The van der Waals surface area contributed by atoms with E-state index in [9.17, 15) is 5.11 Å². The summed E-state index contributed by atoms with van der Waals surface area (Å²) in [5, 5.41) is 10.5. The van der Waals surface area contributed by atoms with E-state index in [-0.39, 0.29) is 11.7 Å². The molecule has 0 bridgehead atoms. The zero-order valence-electron chi connectivity index (χ0n) is 12.4. The number of ether oxygens (including phenoxy) is 1. The molecule has 2 heteroatoms. The van der Waals surface area contributed by atoms with Crippen LogP contribution >= 0.6 is 0 Å². The van der Waals surface area contributed by atoms with Crippen molar-refractivity contribution >= 4 is 0 Å². The van der Waals surface area contributed by atoms with Gasteiger partial charge in [0.15, 0.2) is 5.60 Å². The lowest BCUT2D eigenvalue weighted by Gasteiger charge is -2.21. The summed E-state index contributed by atoms with van der Waals surface area (Å²) in [5.74, 6) is 6.39. The van der Waals surface area contributed by atoms with Gasteiger partial charge >= 0.3 is 0 Å². The first-order valence-electron chi connectivity index (χ1n) is 7.50. The average molecular weight is 252 g/mol. The third-order valence-electron chi connectivity index (χ3n) is 3.64. The number of hydrogen-bond acceptors (Lipinski definition) is 2. The van der Waals surface area contributed by atoms with Crippen LogP contribution in [0.5, 0.6) is 0 Å². The summed E-state index contributed by atoms with van der Waals surface area (Å²) < 4.78 is 5.76. The minimum absolute atomic E-state index is 0.251. The van der Waals surface area contributed by atoms with Gasteiger partial charge in [0.25, 0.3) is 0 Å². The first-order valence-corrected chi connectivity index (χ1v) is 7.50. The quantitative estimate of drug-likeness (QED) is 0.554. The number of aliphatic hydroxyl groups is 1. The van der Waals surface area contributed by atoms with Gasteiger partial charge in [-0.3, -0.25) is 0 Å². The highest BCUT2D eigenvalue weighted by Crippen LogP contribution is 2.42. The summed E-state index contributed by atoms with van der Waals surface area (Å²) in [5.41, 5.74) is -1.06. The molecule has 0 aromatic heterocycles. The monoisotopic (exact) mass is 252 g/mol. The molecule has 1 rings (SSSR count). The molecule has 104 valence electrons. The summed E-state index contributed by atoms with van der Waals surface area (Å²) >= 11 is 0. The van der Waals surface area contributed by atoms with E-state index in [0.717, 1.165) is 44.9 Å². The second-order valence-electron chi connectivity index (χ2n) is 5.44. The zero-order valence-corrected chi connectivity index (χ0v) is 12.4. The molecule has 0 amide bonds. The highest BCUT2D eigenvalue weighted by atomic mass is 16.6. The van der Waals surface area contributed by atoms with Gasteiger partial charge in [-0.15, -0.1) is 0 Å². The maximum atomic E-state index is 10.5. The van der Waals surface area contributed by atoms with Crippen molar-refractivity contribution in [2.45, 2.75) is 89.9 Å². The molecule has 0 aromatic rings. The largest absolute Gasteiger partial charge is 0.378 e. The van der Waals surface area contributed by atoms with Crippen LogP contribution in [-0.2, 0) is 4.74 Å². The van der Waals surface area contributed by atoms with E-state index in [0.29, 0.717) is 0 Å². The Morgan fingerprint density at radius 1 is 1.11 bits per heavy atom. The zero-order chi connectivity index (χ0) is 13.6. The average Bonchev–Trinajstić information content (AvgIpc) is 3.02. The Labute approximate surface area is 112 Å². The van der Waals surface area contributed by atoms with Gasteiger partial charge in [-0.1, -0.05) is 58.8 Å². The fraction of sp³-hybridized carbons (Fsp3) is 0.875. The molecule has 18 heavy (non-hydrogen) atoms. The van der Waals surface area contributed by atoms with Gasteiger partial charge < -0.3 is 9.84 Å². The second kappa shape index (κ2) is 6.59. The summed E-state index contributed by atoms with van der Waals surface area (Å²) in [7, 11) is 0. The Balaban J connectivity index is 2.76. The normalized spacial score (nSPS) is 26.6. The lowest BCUT2D eigenvalue weighted by molar-refractivity contribution is 0.0803. The molecule has 2 atom stereocenters. The van der Waals surface area contributed by atoms with E-state index in [1.54, 1.807) is 0 Å². The van der Waals surface area contributed by atoms with Gasteiger partial charge in [-0.2, -0.15) is 0 Å². The van der Waals surface area contributed by atoms with E-state index in [1.165, 1.54) is 0 Å². The van der Waals surface area contributed by atoms with Crippen molar-refractivity contribution in [3.8, 4) is 11.8 Å². The molecule has 1 aliphatic rings. The predicted octanol–water partition coefficient (Wildman–Crippen LogP) is 3.67. The third-order valence-corrected chi connectivity index (χ3v) is 3.64. The van der Waals surface area contributed by atoms with E-state index in [1.807, 2.05) is 0 Å². The molecular formula is C16H28O2. The molecule has 0 aliphatic carbocycles. The van der Waals surface area contributed by atoms with E-state index in [2.05, 4.69) is 39.5 Å². The van der Waals surface area contributed by atoms with Gasteiger partial charge in [-0.05, 0) is 25.7 Å². The van der Waals surface area contributed by atoms with Crippen LogP contribution in [0.25, 0.3) is 0 Å². The van der Waals surface area contributed by atoms with Crippen LogP contribution in [0.1, 0.15) is 72.6 Å². The highest BCUT2D eigenvalue weighted by Gasteiger charge is 2.53. The fourth-order valence-electron chi connectivity index (χ4n) is 2.70. The lowest BCUT2D eigenvalue weighted by Crippen LogP contribution is -2.27. The number of hydrogen-bond donors (Lipinski definition) is 1. The van der Waals surface area contributed by atoms with E-state index >= 15 is 0 Å². The molecule has 1 N–H and O–H groups in total. The first kappa shape index (κ1) is 15.5. The van der Waals surface area contributed by atoms with Crippen LogP contribution in [-0.4, -0.2) is 22.4 Å². The summed E-state index contributed by atoms with van der Waals surface area (Å²) in [4.78, 5) is 0. The molecular weight excluding hydrogens is 224 g/mol. The Morgan fingerprint density at radius 2 is 1.72 bits per heavy atom. The Kier molecular flexibility index (Phi) is 5.69. The molecule has 0 radical (unpaired) electrons. The maximum absolute atomic E-state index is 10.5. The van der Waals surface area contributed by atoms with Crippen LogP contribution in [0.3, 0.4) is 0 Å². The smallest absolute Gasteiger partial charge is 0.155 e. The van der Waals surface area contributed by atoms with E-state index < -0.39 is 5.60 Å². The molecule has 0 spiro atoms. The summed E-state index contributed by atoms with van der Waals surface area (Å²) in [6, 6.07) is 0. The molecule has 0 aromatic carbocycles. The standard InChI is InChI=1S/C16H28O2/c1-5-9-15(17,10-6-2)12-13-16(11-7-3)14(8-4)18-16/h14,17H,5-11H2,1-4H3. The second-order valence-corrected chi connectivity index (χ2v) is 5.44. The fourth-order valence-corrected chi connectivity index (χ4v) is 2.70. The topological polar surface area (TPSA) is 32.8 Å². The van der Waals surface area contributed by atoms with Crippen molar-refractivity contribution in [1.82, 2.24) is 0 Å². The van der Waals surface area contributed by atoms with Gasteiger partial charge in [-0.25, -0.2) is 0 Å². The van der Waals surface area contributed by atoms with Crippen molar-refractivity contribution in [1.29, 1.82) is 0 Å². The van der Waals surface area contributed by atoms with Gasteiger partial charge in [0, 0.05) is 0 Å². The Morgan fingerprint density at radius 3 is 2.11 bits per heavy atom. The van der Waals surface area contributed by atoms with Gasteiger partial charge in [0.05, 0.1) is 6.10 Å². The van der Waals surface area contributed by atoms with Crippen LogP contribution < -0.4 is 0 Å². The lowest BCUT2D eigenvalue weighted by atomic mass is 9.91. The molecule has 1 saturated heterocycles. The van der Waals surface area contributed by atoms with Crippen LogP contribution in [0.4, 0.5) is 0 Å². The summed E-state index contributed by atoms with van der Waals surface area (Å²) in [6.07, 6.45) is 6.78. The Hall–Kier alpha value is -0.520. The molecule has 0 saturated carbocycles. The minimum Gasteiger partial charge on any atom is -0.378 e. The van der Waals surface area contributed by atoms with Crippen LogP contribution in [0.15, 0.2) is 0 Å². The molecule has 2 unspecified atom stereocenters. The van der Waals surface area contributed by atoms with Crippen LogP contribution in [0, 0.1) is 11.8 Å². The number of rotatable bonds is 7. The molecule has 1 aliphatic heterocycles. The van der Waals surface area contributed by atoms with Crippen molar-refractivity contribution in [3.05, 3.63) is 0 Å². The molecule has 2 nitrogen and oxygen atoms in total. The Bertz CT molecular complexity index is 293. The van der Waals surface area contributed by atoms with E-state index in [4.69, 9.17) is 4.74 Å². The summed E-state index contributed by atoms with van der Waals surface area (Å²) in [6.45, 7) is 8.47. The van der Waals surface area contributed by atoms with Crippen molar-refractivity contribution < 1.29 is 9.84 Å². The van der Waals surface area contributed by atoms with Crippen molar-refractivity contribution in [3.63, 3.8) is 0 Å². The molecule has 1 fully saturated rings. The number of epoxide rings is 1. The predicted molar refractivity (Wildman–Crippen MR) is 75.3 cm³/mol. The van der Waals surface area contributed by atoms with Gasteiger partial charge in [0.2, 0.25) is 0 Å². The molecule has 1 heterocycles. The SMILES string of the molecule is CCCC(O)(C#CC1(CCC)OC1CC)CCC. The van der Waals surface area contributed by atoms with Crippen molar-refractivity contribution in [2.24, 2.45) is 0 Å². The minimum atomic E-state index is -0.811. The van der Waals surface area contributed by atoms with Crippen LogP contribution in [0.2, 0.25) is 0 Å².